The molecule has 0 radical (unpaired) electrons. The van der Waals surface area contributed by atoms with Crippen molar-refractivity contribution in [1.29, 1.82) is 0 Å². The molecule has 1 aliphatic heterocycles. The lowest BCUT2D eigenvalue weighted by atomic mass is 10.0. The predicted octanol–water partition coefficient (Wildman–Crippen LogP) is -1.57. The van der Waals surface area contributed by atoms with Crippen molar-refractivity contribution in [3.8, 4) is 0 Å². The summed E-state index contributed by atoms with van der Waals surface area (Å²) in [5.41, 5.74) is 0.744. The minimum Gasteiger partial charge on any atom is -0.357 e. The molecule has 1 aromatic rings. The lowest BCUT2D eigenvalue weighted by Crippen LogP contribution is -2.54. The maximum absolute atomic E-state index is 13.0. The second-order valence-electron chi connectivity index (χ2n) is 11.0. The van der Waals surface area contributed by atoms with Crippen molar-refractivity contribution in [2.75, 3.05) is 33.2 Å². The molecular weight excluding hydrogens is 598 g/mol. The molecule has 1 aliphatic rings. The number of carbonyl (C=O) groups excluding carboxylic acids is 8. The molecular formula is C31H43N7O8. The summed E-state index contributed by atoms with van der Waals surface area (Å²) in [4.78, 5) is 98.5. The summed E-state index contributed by atoms with van der Waals surface area (Å²) < 4.78 is 0. The molecule has 2 rings (SSSR count). The van der Waals surface area contributed by atoms with Crippen LogP contribution < -0.4 is 31.9 Å². The summed E-state index contributed by atoms with van der Waals surface area (Å²) in [7, 11) is 1.46. The largest absolute Gasteiger partial charge is 0.357 e. The Bertz CT molecular complexity index is 1280. The van der Waals surface area contributed by atoms with Crippen molar-refractivity contribution in [3.05, 3.63) is 48.0 Å². The van der Waals surface area contributed by atoms with Crippen LogP contribution in [0.15, 0.2) is 42.5 Å². The fourth-order valence-corrected chi connectivity index (χ4v) is 4.40. The number of imide groups is 1. The van der Waals surface area contributed by atoms with Gasteiger partial charge in [-0.3, -0.25) is 43.3 Å². The van der Waals surface area contributed by atoms with E-state index >= 15 is 0 Å². The molecule has 1 heterocycles. The van der Waals surface area contributed by atoms with E-state index in [1.165, 1.54) is 19.2 Å². The average Bonchev–Trinajstić information content (AvgIpc) is 3.35. The van der Waals surface area contributed by atoms with E-state index in [1.54, 1.807) is 44.2 Å². The molecule has 15 nitrogen and oxygen atoms in total. The molecule has 15 heteroatoms. The van der Waals surface area contributed by atoms with Gasteiger partial charge in [-0.1, -0.05) is 50.6 Å². The normalized spacial score (nSPS) is 13.5. The number of unbranched alkanes of at least 4 members (excludes halogenated alkanes) is 2. The molecule has 0 saturated heterocycles. The standard InChI is InChI=1S/C31H43N7O8/c1-20(2)29(31(46)32-3)37-26(42)19-35-30(45)22(16-21-10-6-4-7-11-21)36-25(41)18-34-24(40)17-33-23(39)12-8-5-9-15-38-27(43)13-14-28(38)44/h4,6-7,10-11,13-14,20,22,29H,5,8-9,12,15-19H2,1-3H3,(H,32,46)(H,33,39)(H,34,40)(H,35,45)(H,36,41)(H,37,42)/t22-,29?/m0/s1. The Labute approximate surface area is 267 Å². The molecule has 1 unspecified atom stereocenters. The Morgan fingerprint density at radius 3 is 1.91 bits per heavy atom. The van der Waals surface area contributed by atoms with Crippen LogP contribution in [0, 0.1) is 5.92 Å². The van der Waals surface area contributed by atoms with Gasteiger partial charge in [0.25, 0.3) is 11.8 Å². The van der Waals surface area contributed by atoms with Crippen LogP contribution in [0.5, 0.6) is 0 Å². The number of amides is 8. The van der Waals surface area contributed by atoms with Crippen LogP contribution in [0.25, 0.3) is 0 Å². The lowest BCUT2D eigenvalue weighted by Gasteiger charge is -2.22. The van der Waals surface area contributed by atoms with E-state index in [2.05, 4.69) is 31.9 Å². The van der Waals surface area contributed by atoms with E-state index in [9.17, 15) is 38.4 Å². The summed E-state index contributed by atoms with van der Waals surface area (Å²) in [6, 6.07) is 7.03. The molecule has 46 heavy (non-hydrogen) atoms. The fraction of sp³-hybridized carbons (Fsp3) is 0.484. The van der Waals surface area contributed by atoms with E-state index in [-0.39, 0.29) is 55.5 Å². The highest BCUT2D eigenvalue weighted by Gasteiger charge is 2.26. The topological polar surface area (TPSA) is 212 Å². The Morgan fingerprint density at radius 1 is 0.696 bits per heavy atom. The maximum atomic E-state index is 13.0. The third-order valence-corrected chi connectivity index (χ3v) is 6.95. The molecule has 2 atom stereocenters. The van der Waals surface area contributed by atoms with Gasteiger partial charge in [-0.15, -0.1) is 0 Å². The number of carbonyl (C=O) groups is 8. The zero-order valence-corrected chi connectivity index (χ0v) is 26.4. The van der Waals surface area contributed by atoms with Gasteiger partial charge < -0.3 is 31.9 Å². The molecule has 0 spiro atoms. The van der Waals surface area contributed by atoms with Gasteiger partial charge >= 0.3 is 0 Å². The minimum atomic E-state index is -1.07. The van der Waals surface area contributed by atoms with Crippen molar-refractivity contribution in [2.24, 2.45) is 5.92 Å². The number of likely N-dealkylation sites (N-methyl/N-ethyl adjacent to an activating group) is 1. The van der Waals surface area contributed by atoms with Crippen LogP contribution in [0.3, 0.4) is 0 Å². The van der Waals surface area contributed by atoms with Gasteiger partial charge in [-0.25, -0.2) is 0 Å². The Morgan fingerprint density at radius 2 is 1.28 bits per heavy atom. The lowest BCUT2D eigenvalue weighted by molar-refractivity contribution is -0.137. The first kappa shape index (κ1) is 37.1. The highest BCUT2D eigenvalue weighted by atomic mass is 16.2. The third kappa shape index (κ3) is 13.3. The molecule has 8 amide bonds. The molecule has 0 aromatic heterocycles. The molecule has 250 valence electrons. The number of nitrogens with zero attached hydrogens (tertiary/aromatic N) is 1. The van der Waals surface area contributed by atoms with Gasteiger partial charge in [-0.2, -0.15) is 0 Å². The smallest absolute Gasteiger partial charge is 0.253 e. The van der Waals surface area contributed by atoms with Crippen molar-refractivity contribution in [3.63, 3.8) is 0 Å². The Kier molecular flexibility index (Phi) is 15.6. The first-order chi connectivity index (χ1) is 21.9. The Balaban J connectivity index is 1.76. The quantitative estimate of drug-likeness (QED) is 0.0766. The van der Waals surface area contributed by atoms with Gasteiger partial charge in [0.05, 0.1) is 19.6 Å². The molecule has 0 saturated carbocycles. The fourth-order valence-electron chi connectivity index (χ4n) is 4.40. The van der Waals surface area contributed by atoms with Crippen LogP contribution in [0.2, 0.25) is 0 Å². The summed E-state index contributed by atoms with van der Waals surface area (Å²) in [5, 5.41) is 15.0. The minimum absolute atomic E-state index is 0.110. The molecule has 1 aromatic carbocycles. The number of hydrogen-bond acceptors (Lipinski definition) is 8. The van der Waals surface area contributed by atoms with Crippen molar-refractivity contribution in [1.82, 2.24) is 36.8 Å². The highest BCUT2D eigenvalue weighted by molar-refractivity contribution is 6.12. The first-order valence-electron chi connectivity index (χ1n) is 15.1. The zero-order valence-electron chi connectivity index (χ0n) is 26.4. The molecule has 0 aliphatic carbocycles. The second-order valence-corrected chi connectivity index (χ2v) is 11.0. The van der Waals surface area contributed by atoms with Gasteiger partial charge in [0.1, 0.15) is 12.1 Å². The van der Waals surface area contributed by atoms with Crippen LogP contribution >= 0.6 is 0 Å². The summed E-state index contributed by atoms with van der Waals surface area (Å²) in [5.74, 6) is -4.12. The van der Waals surface area contributed by atoms with Gasteiger partial charge in [0.15, 0.2) is 0 Å². The van der Waals surface area contributed by atoms with Gasteiger partial charge in [-0.05, 0) is 24.3 Å². The van der Waals surface area contributed by atoms with Crippen LogP contribution in [-0.4, -0.2) is 97.5 Å². The van der Waals surface area contributed by atoms with E-state index in [1.807, 2.05) is 0 Å². The summed E-state index contributed by atoms with van der Waals surface area (Å²) in [6.45, 7) is 2.57. The van der Waals surface area contributed by atoms with Crippen LogP contribution in [-0.2, 0) is 44.8 Å². The number of nitrogens with one attached hydrogen (secondary N) is 6. The van der Waals surface area contributed by atoms with E-state index in [0.29, 0.717) is 19.3 Å². The third-order valence-electron chi connectivity index (χ3n) is 6.95. The van der Waals surface area contributed by atoms with E-state index in [0.717, 1.165) is 10.5 Å². The number of rotatable bonds is 19. The number of hydrogen-bond donors (Lipinski definition) is 6. The van der Waals surface area contributed by atoms with Crippen LogP contribution in [0.1, 0.15) is 45.1 Å². The van der Waals surface area contributed by atoms with Crippen LogP contribution in [0.4, 0.5) is 0 Å². The summed E-state index contributed by atoms with van der Waals surface area (Å²) in [6.07, 6.45) is 4.34. The first-order valence-corrected chi connectivity index (χ1v) is 15.1. The monoisotopic (exact) mass is 641 g/mol. The molecule has 0 fully saturated rings. The maximum Gasteiger partial charge on any atom is 0.253 e. The molecule has 6 N–H and O–H groups in total. The van der Waals surface area contributed by atoms with E-state index < -0.39 is 48.8 Å². The van der Waals surface area contributed by atoms with Gasteiger partial charge in [0.2, 0.25) is 35.4 Å². The summed E-state index contributed by atoms with van der Waals surface area (Å²) >= 11 is 0. The van der Waals surface area contributed by atoms with Crippen molar-refractivity contribution >= 4 is 47.3 Å². The SMILES string of the molecule is CNC(=O)C(NC(=O)CNC(=O)[C@H](Cc1ccccc1)NC(=O)CNC(=O)CNC(=O)CCCCCN1C(=O)C=CC1=O)C(C)C. The van der Waals surface area contributed by atoms with Crippen molar-refractivity contribution < 1.29 is 38.4 Å². The Hall–Kier alpha value is -5.08. The molecule has 0 bridgehead atoms. The van der Waals surface area contributed by atoms with Gasteiger partial charge in [0, 0.05) is 38.6 Å². The zero-order chi connectivity index (χ0) is 34.1. The second kappa shape index (κ2) is 19.3. The van der Waals surface area contributed by atoms with E-state index in [4.69, 9.17) is 0 Å². The highest BCUT2D eigenvalue weighted by Crippen LogP contribution is 2.08. The number of benzene rings is 1. The predicted molar refractivity (Wildman–Crippen MR) is 166 cm³/mol. The average molecular weight is 642 g/mol. The van der Waals surface area contributed by atoms with Crippen molar-refractivity contribution in [2.45, 2.75) is 58.0 Å².